The van der Waals surface area contributed by atoms with Crippen molar-refractivity contribution in [3.8, 4) is 0 Å². The Bertz CT molecular complexity index is 520. The molecule has 1 saturated heterocycles. The molecule has 1 aromatic carbocycles. The van der Waals surface area contributed by atoms with Gasteiger partial charge in [-0.25, -0.2) is 0 Å². The maximum absolute atomic E-state index is 12.6. The first kappa shape index (κ1) is 15.9. The van der Waals surface area contributed by atoms with E-state index >= 15 is 0 Å². The molecule has 6 heteroatoms. The van der Waals surface area contributed by atoms with E-state index in [4.69, 9.17) is 4.74 Å². The molecule has 1 atom stereocenters. The molecule has 0 aliphatic carbocycles. The van der Waals surface area contributed by atoms with Crippen LogP contribution >= 0.6 is 11.8 Å². The van der Waals surface area contributed by atoms with Gasteiger partial charge < -0.3 is 14.4 Å². The lowest BCUT2D eigenvalue weighted by atomic mass is 10.1. The summed E-state index contributed by atoms with van der Waals surface area (Å²) in [5, 5.41) is 0. The molecule has 1 unspecified atom stereocenters. The lowest BCUT2D eigenvalue weighted by molar-refractivity contribution is -0.145. The van der Waals surface area contributed by atoms with E-state index in [1.807, 2.05) is 30.5 Å². The molecule has 1 fully saturated rings. The van der Waals surface area contributed by atoms with Gasteiger partial charge in [-0.2, -0.15) is 0 Å². The molecule has 1 amide bonds. The highest BCUT2D eigenvalue weighted by Crippen LogP contribution is 2.22. The summed E-state index contributed by atoms with van der Waals surface area (Å²) in [5.74, 6) is -0.336. The van der Waals surface area contributed by atoms with Crippen molar-refractivity contribution >= 4 is 23.6 Å². The molecule has 21 heavy (non-hydrogen) atoms. The molecule has 1 aliphatic rings. The first-order valence-electron chi connectivity index (χ1n) is 6.76. The van der Waals surface area contributed by atoms with Crippen LogP contribution in [0.2, 0.25) is 0 Å². The monoisotopic (exact) mass is 309 g/mol. The zero-order valence-electron chi connectivity index (χ0n) is 12.2. The number of carbonyl (C=O) groups excluding carboxylic acids is 2. The van der Waals surface area contributed by atoms with Gasteiger partial charge in [0.15, 0.2) is 0 Å². The van der Waals surface area contributed by atoms with Gasteiger partial charge in [-0.05, 0) is 18.4 Å². The lowest BCUT2D eigenvalue weighted by Crippen LogP contribution is -2.46. The molecular weight excluding hydrogens is 290 g/mol. The molecular formula is C15H19NO4S. The summed E-state index contributed by atoms with van der Waals surface area (Å²) >= 11 is 1.55. The van der Waals surface area contributed by atoms with E-state index in [1.54, 1.807) is 16.7 Å². The zero-order chi connectivity index (χ0) is 15.2. The van der Waals surface area contributed by atoms with Crippen molar-refractivity contribution in [3.63, 3.8) is 0 Å². The van der Waals surface area contributed by atoms with E-state index in [-0.39, 0.29) is 24.4 Å². The molecule has 0 N–H and O–H groups in total. The maximum Gasteiger partial charge on any atom is 0.308 e. The zero-order valence-corrected chi connectivity index (χ0v) is 13.0. The first-order chi connectivity index (χ1) is 10.2. The fraction of sp³-hybridized carbons (Fsp3) is 0.467. The number of morpholine rings is 1. The summed E-state index contributed by atoms with van der Waals surface area (Å²) in [7, 11) is 1.35. The van der Waals surface area contributed by atoms with Crippen molar-refractivity contribution in [2.75, 3.05) is 33.1 Å². The van der Waals surface area contributed by atoms with Gasteiger partial charge in [0.05, 0.1) is 31.8 Å². The topological polar surface area (TPSA) is 55.8 Å². The lowest BCUT2D eigenvalue weighted by Gasteiger charge is -2.32. The minimum Gasteiger partial charge on any atom is -0.469 e. The second-order valence-corrected chi connectivity index (χ2v) is 5.57. The minimum atomic E-state index is -0.321. The van der Waals surface area contributed by atoms with Crippen molar-refractivity contribution in [1.82, 2.24) is 4.90 Å². The van der Waals surface area contributed by atoms with Crippen molar-refractivity contribution in [2.45, 2.75) is 17.4 Å². The molecule has 2 rings (SSSR count). The Morgan fingerprint density at radius 3 is 2.90 bits per heavy atom. The van der Waals surface area contributed by atoms with E-state index in [0.29, 0.717) is 25.3 Å². The summed E-state index contributed by atoms with van der Waals surface area (Å²) in [6, 6.07) is 7.55. The molecule has 0 bridgehead atoms. The average molecular weight is 309 g/mol. The molecule has 1 aromatic rings. The van der Waals surface area contributed by atoms with Gasteiger partial charge >= 0.3 is 5.97 Å². The highest BCUT2D eigenvalue weighted by atomic mass is 32.2. The van der Waals surface area contributed by atoms with Crippen molar-refractivity contribution in [1.29, 1.82) is 0 Å². The second kappa shape index (κ2) is 7.47. The number of ether oxygens (including phenoxy) is 2. The Morgan fingerprint density at radius 1 is 1.43 bits per heavy atom. The number of carbonyl (C=O) groups is 2. The van der Waals surface area contributed by atoms with Crippen molar-refractivity contribution < 1.29 is 19.1 Å². The molecule has 1 aliphatic heterocycles. The van der Waals surface area contributed by atoms with Crippen LogP contribution < -0.4 is 0 Å². The number of esters is 1. The number of methoxy groups -OCH3 is 1. The predicted octanol–water partition coefficient (Wildman–Crippen LogP) is 1.81. The van der Waals surface area contributed by atoms with Crippen LogP contribution in [0.25, 0.3) is 0 Å². The third kappa shape index (κ3) is 3.98. The van der Waals surface area contributed by atoms with Crippen LogP contribution in [0.4, 0.5) is 0 Å². The Hall–Kier alpha value is -1.53. The number of hydrogen-bond donors (Lipinski definition) is 0. The van der Waals surface area contributed by atoms with E-state index in [9.17, 15) is 9.59 Å². The fourth-order valence-electron chi connectivity index (χ4n) is 2.29. The number of nitrogens with zero attached hydrogens (tertiary/aromatic N) is 1. The number of thioether (sulfide) groups is 1. The Morgan fingerprint density at radius 2 is 2.19 bits per heavy atom. The van der Waals surface area contributed by atoms with Gasteiger partial charge in [0.1, 0.15) is 0 Å². The Labute approximate surface area is 128 Å². The van der Waals surface area contributed by atoms with E-state index in [2.05, 4.69) is 4.74 Å². The number of hydrogen-bond acceptors (Lipinski definition) is 5. The normalized spacial score (nSPS) is 18.4. The van der Waals surface area contributed by atoms with Crippen LogP contribution in [0.3, 0.4) is 0 Å². The van der Waals surface area contributed by atoms with Crippen LogP contribution in [0, 0.1) is 0 Å². The van der Waals surface area contributed by atoms with Crippen molar-refractivity contribution in [3.05, 3.63) is 29.8 Å². The highest BCUT2D eigenvalue weighted by Gasteiger charge is 2.27. The number of amides is 1. The fourth-order valence-corrected chi connectivity index (χ4v) is 2.88. The molecule has 0 aromatic heterocycles. The quantitative estimate of drug-likeness (QED) is 0.627. The van der Waals surface area contributed by atoms with Crippen LogP contribution in [-0.4, -0.2) is 55.9 Å². The molecule has 5 nitrogen and oxygen atoms in total. The summed E-state index contributed by atoms with van der Waals surface area (Å²) < 4.78 is 10.2. The van der Waals surface area contributed by atoms with Crippen LogP contribution in [0.5, 0.6) is 0 Å². The van der Waals surface area contributed by atoms with Crippen molar-refractivity contribution in [2.24, 2.45) is 0 Å². The van der Waals surface area contributed by atoms with Crippen LogP contribution in [-0.2, 0) is 14.3 Å². The minimum absolute atomic E-state index is 0.0156. The summed E-state index contributed by atoms with van der Waals surface area (Å²) in [6.07, 6.45) is 1.83. The maximum atomic E-state index is 12.6. The molecule has 0 saturated carbocycles. The standard InChI is InChI=1S/C15H19NO4S/c1-19-14(17)9-11-10-16(7-8-20-11)15(18)12-5-3-4-6-13(12)21-2/h3-6,11H,7-10H2,1-2H3. The van der Waals surface area contributed by atoms with Gasteiger partial charge in [-0.3, -0.25) is 9.59 Å². The average Bonchev–Trinajstić information content (AvgIpc) is 2.54. The third-order valence-electron chi connectivity index (χ3n) is 3.39. The van der Waals surface area contributed by atoms with Crippen LogP contribution in [0.15, 0.2) is 29.2 Å². The number of benzene rings is 1. The highest BCUT2D eigenvalue weighted by molar-refractivity contribution is 7.98. The smallest absolute Gasteiger partial charge is 0.308 e. The van der Waals surface area contributed by atoms with E-state index in [1.165, 1.54) is 7.11 Å². The first-order valence-corrected chi connectivity index (χ1v) is 7.99. The third-order valence-corrected chi connectivity index (χ3v) is 4.18. The van der Waals surface area contributed by atoms with Gasteiger partial charge in [-0.15, -0.1) is 11.8 Å². The Kier molecular flexibility index (Phi) is 5.64. The largest absolute Gasteiger partial charge is 0.469 e. The van der Waals surface area contributed by atoms with Crippen LogP contribution in [0.1, 0.15) is 16.8 Å². The summed E-state index contributed by atoms with van der Waals surface area (Å²) in [5.41, 5.74) is 0.698. The summed E-state index contributed by atoms with van der Waals surface area (Å²) in [6.45, 7) is 1.39. The molecule has 0 spiro atoms. The second-order valence-electron chi connectivity index (χ2n) is 4.72. The van der Waals surface area contributed by atoms with E-state index < -0.39 is 0 Å². The van der Waals surface area contributed by atoms with Gasteiger partial charge in [0.25, 0.3) is 5.91 Å². The number of rotatable bonds is 4. The van der Waals surface area contributed by atoms with Gasteiger partial charge in [0, 0.05) is 18.0 Å². The SMILES string of the molecule is COC(=O)CC1CN(C(=O)c2ccccc2SC)CCO1. The molecule has 1 heterocycles. The van der Waals surface area contributed by atoms with Gasteiger partial charge in [0.2, 0.25) is 0 Å². The Balaban J connectivity index is 2.06. The molecule has 0 radical (unpaired) electrons. The van der Waals surface area contributed by atoms with E-state index in [0.717, 1.165) is 4.90 Å². The van der Waals surface area contributed by atoms with Gasteiger partial charge in [-0.1, -0.05) is 12.1 Å². The summed E-state index contributed by atoms with van der Waals surface area (Å²) in [4.78, 5) is 26.6. The predicted molar refractivity (Wildman–Crippen MR) is 80.5 cm³/mol. The molecule has 114 valence electrons.